The second kappa shape index (κ2) is 32.0. The van der Waals surface area contributed by atoms with E-state index in [9.17, 15) is 30.0 Å². The number of ether oxygens (including phenoxy) is 2. The Kier molecular flexibility index (Phi) is 29.8. The maximum atomic E-state index is 12.3. The molecule has 300 valence electrons. The number of rotatable bonds is 34. The molecule has 0 radical (unpaired) electrons. The molecule has 1 aliphatic rings. The highest BCUT2D eigenvalue weighted by atomic mass is 16.6. The lowest BCUT2D eigenvalue weighted by Crippen LogP contribution is -2.28. The van der Waals surface area contributed by atoms with Gasteiger partial charge in [0.2, 0.25) is 0 Å². The summed E-state index contributed by atoms with van der Waals surface area (Å²) in [4.78, 5) is 24.5. The lowest BCUT2D eigenvalue weighted by Gasteiger charge is -2.21. The molecule has 0 aromatic carbocycles. The van der Waals surface area contributed by atoms with Gasteiger partial charge in [-0.1, -0.05) is 161 Å². The van der Waals surface area contributed by atoms with Gasteiger partial charge in [0.15, 0.2) is 6.10 Å². The molecule has 4 N–H and O–H groups in total. The van der Waals surface area contributed by atoms with Crippen molar-refractivity contribution in [3.05, 3.63) is 12.2 Å². The first-order valence-corrected chi connectivity index (χ1v) is 21.4. The summed E-state index contributed by atoms with van der Waals surface area (Å²) in [5.74, 6) is -0.0745. The van der Waals surface area contributed by atoms with Crippen molar-refractivity contribution in [2.75, 3.05) is 13.2 Å². The van der Waals surface area contributed by atoms with Crippen LogP contribution in [0.4, 0.5) is 0 Å². The van der Waals surface area contributed by atoms with E-state index in [1.54, 1.807) is 6.08 Å². The lowest BCUT2D eigenvalue weighted by molar-refractivity contribution is -0.161. The number of carbonyl (C=O) groups is 2. The molecule has 0 aliphatic heterocycles. The molecule has 1 fully saturated rings. The smallest absolute Gasteiger partial charge is 0.306 e. The van der Waals surface area contributed by atoms with Crippen molar-refractivity contribution in [2.45, 2.75) is 219 Å². The predicted octanol–water partition coefficient (Wildman–Crippen LogP) is 9.53. The Morgan fingerprint density at radius 1 is 0.686 bits per heavy atom. The first-order chi connectivity index (χ1) is 24.7. The summed E-state index contributed by atoms with van der Waals surface area (Å²) < 4.78 is 10.6. The number of carbonyl (C=O) groups excluding carboxylic acids is 2. The Morgan fingerprint density at radius 2 is 1.20 bits per heavy atom. The standard InChI is InChI=1S/C43H80O8/c1-4-5-20-26-36(45)30-31-39-38(40(46)32-41(39)47)27-22-18-19-24-29-43(49)51-37(33-44)34-50-42(48)28-23-17-15-13-11-9-7-6-8-10-12-14-16-21-25-35(2)3/h30-31,35-41,44-47H,4-29,32-34H2,1-3H3/b31-30+/t36-,37-,38+,39+,40-,41+/m0/s1. The van der Waals surface area contributed by atoms with E-state index >= 15 is 0 Å². The number of unbranched alkanes of at least 4 members (excludes halogenated alkanes) is 18. The van der Waals surface area contributed by atoms with E-state index < -0.39 is 37.0 Å². The molecule has 8 heteroatoms. The van der Waals surface area contributed by atoms with Crippen LogP contribution in [0.3, 0.4) is 0 Å². The summed E-state index contributed by atoms with van der Waals surface area (Å²) in [5, 5.41) is 40.8. The van der Waals surface area contributed by atoms with Crippen LogP contribution in [0, 0.1) is 17.8 Å². The van der Waals surface area contributed by atoms with Crippen molar-refractivity contribution < 1.29 is 39.5 Å². The summed E-state index contributed by atoms with van der Waals surface area (Å²) in [6.45, 7) is 6.23. The lowest BCUT2D eigenvalue weighted by atomic mass is 9.88. The Balaban J connectivity index is 2.04. The van der Waals surface area contributed by atoms with Gasteiger partial charge < -0.3 is 29.9 Å². The van der Waals surface area contributed by atoms with Gasteiger partial charge in [-0.3, -0.25) is 9.59 Å². The third kappa shape index (κ3) is 26.0. The van der Waals surface area contributed by atoms with Crippen molar-refractivity contribution >= 4 is 11.9 Å². The molecule has 6 atom stereocenters. The number of aliphatic hydroxyl groups excluding tert-OH is 4. The number of hydrogen-bond donors (Lipinski definition) is 4. The maximum Gasteiger partial charge on any atom is 0.306 e. The fourth-order valence-corrected chi connectivity index (χ4v) is 7.31. The van der Waals surface area contributed by atoms with Gasteiger partial charge in [-0.05, 0) is 37.5 Å². The monoisotopic (exact) mass is 725 g/mol. The van der Waals surface area contributed by atoms with E-state index in [1.807, 2.05) is 6.08 Å². The summed E-state index contributed by atoms with van der Waals surface area (Å²) >= 11 is 0. The van der Waals surface area contributed by atoms with E-state index in [2.05, 4.69) is 20.8 Å². The zero-order valence-corrected chi connectivity index (χ0v) is 33.1. The van der Waals surface area contributed by atoms with Crippen LogP contribution in [0.1, 0.15) is 194 Å². The van der Waals surface area contributed by atoms with Crippen LogP contribution in [-0.4, -0.2) is 70.0 Å². The molecule has 0 aromatic heterocycles. The maximum absolute atomic E-state index is 12.3. The highest BCUT2D eigenvalue weighted by Gasteiger charge is 2.39. The van der Waals surface area contributed by atoms with Gasteiger partial charge in [0.1, 0.15) is 6.61 Å². The minimum absolute atomic E-state index is 0.0365. The second-order valence-electron chi connectivity index (χ2n) is 15.9. The number of hydrogen-bond acceptors (Lipinski definition) is 8. The van der Waals surface area contributed by atoms with Gasteiger partial charge >= 0.3 is 11.9 Å². The van der Waals surface area contributed by atoms with Crippen LogP contribution in [-0.2, 0) is 19.1 Å². The molecule has 51 heavy (non-hydrogen) atoms. The van der Waals surface area contributed by atoms with Gasteiger partial charge in [0, 0.05) is 25.2 Å². The number of aliphatic hydroxyl groups is 4. The van der Waals surface area contributed by atoms with Crippen molar-refractivity contribution in [2.24, 2.45) is 17.8 Å². The van der Waals surface area contributed by atoms with Crippen LogP contribution in [0.15, 0.2) is 12.2 Å². The molecule has 0 heterocycles. The Morgan fingerprint density at radius 3 is 1.75 bits per heavy atom. The van der Waals surface area contributed by atoms with Gasteiger partial charge in [0.25, 0.3) is 0 Å². The van der Waals surface area contributed by atoms with Crippen LogP contribution < -0.4 is 0 Å². The molecule has 1 aliphatic carbocycles. The Hall–Kier alpha value is -1.48. The van der Waals surface area contributed by atoms with E-state index in [0.717, 1.165) is 70.1 Å². The highest BCUT2D eigenvalue weighted by molar-refractivity contribution is 5.70. The highest BCUT2D eigenvalue weighted by Crippen LogP contribution is 2.37. The fourth-order valence-electron chi connectivity index (χ4n) is 7.31. The third-order valence-corrected chi connectivity index (χ3v) is 10.6. The predicted molar refractivity (Wildman–Crippen MR) is 207 cm³/mol. The molecule has 0 bridgehead atoms. The Bertz CT molecular complexity index is 861. The first-order valence-electron chi connectivity index (χ1n) is 21.4. The average molecular weight is 725 g/mol. The minimum atomic E-state index is -0.846. The quantitative estimate of drug-likeness (QED) is 0.0293. The molecule has 1 rings (SSSR count). The van der Waals surface area contributed by atoms with Gasteiger partial charge in [-0.15, -0.1) is 0 Å². The van der Waals surface area contributed by atoms with Crippen molar-refractivity contribution in [1.82, 2.24) is 0 Å². The molecule has 0 amide bonds. The fraction of sp³-hybridized carbons (Fsp3) is 0.907. The normalized spacial score (nSPS) is 20.3. The first kappa shape index (κ1) is 47.5. The largest absolute Gasteiger partial charge is 0.462 e. The molecular weight excluding hydrogens is 644 g/mol. The summed E-state index contributed by atoms with van der Waals surface area (Å²) in [5.41, 5.74) is 0. The molecule has 0 unspecified atom stereocenters. The van der Waals surface area contributed by atoms with Crippen LogP contribution in [0.2, 0.25) is 0 Å². The third-order valence-electron chi connectivity index (χ3n) is 10.6. The molecule has 1 saturated carbocycles. The topological polar surface area (TPSA) is 134 Å². The van der Waals surface area contributed by atoms with E-state index in [1.165, 1.54) is 77.0 Å². The zero-order chi connectivity index (χ0) is 37.5. The van der Waals surface area contributed by atoms with Gasteiger partial charge in [-0.25, -0.2) is 0 Å². The SMILES string of the molecule is CCCCC[C@H](O)/C=C/[C@@H]1[C@@H](CCCCCCC(=O)O[C@@H](CO)COC(=O)CCCCCCCCCCCCCCCCC(C)C)[C@@H](O)C[C@H]1O. The summed E-state index contributed by atoms with van der Waals surface area (Å²) in [6.07, 6.45) is 29.1. The van der Waals surface area contributed by atoms with Crippen LogP contribution in [0.5, 0.6) is 0 Å². The molecule has 0 aromatic rings. The van der Waals surface area contributed by atoms with E-state index in [-0.39, 0.29) is 30.8 Å². The summed E-state index contributed by atoms with van der Waals surface area (Å²) in [6, 6.07) is 0. The molecule has 0 spiro atoms. The minimum Gasteiger partial charge on any atom is -0.462 e. The molecule has 8 nitrogen and oxygen atoms in total. The van der Waals surface area contributed by atoms with E-state index in [4.69, 9.17) is 9.47 Å². The summed E-state index contributed by atoms with van der Waals surface area (Å²) in [7, 11) is 0. The van der Waals surface area contributed by atoms with Gasteiger partial charge in [-0.2, -0.15) is 0 Å². The molecule has 0 saturated heterocycles. The average Bonchev–Trinajstić information content (AvgIpc) is 3.37. The zero-order valence-electron chi connectivity index (χ0n) is 33.1. The van der Waals surface area contributed by atoms with Crippen molar-refractivity contribution in [3.8, 4) is 0 Å². The van der Waals surface area contributed by atoms with Gasteiger partial charge in [0.05, 0.1) is 24.9 Å². The second-order valence-corrected chi connectivity index (χ2v) is 15.9. The van der Waals surface area contributed by atoms with Crippen LogP contribution >= 0.6 is 0 Å². The van der Waals surface area contributed by atoms with Crippen LogP contribution in [0.25, 0.3) is 0 Å². The van der Waals surface area contributed by atoms with Crippen molar-refractivity contribution in [1.29, 1.82) is 0 Å². The number of esters is 2. The Labute approximate surface area is 312 Å². The van der Waals surface area contributed by atoms with Crippen molar-refractivity contribution in [3.63, 3.8) is 0 Å². The van der Waals surface area contributed by atoms with E-state index in [0.29, 0.717) is 25.7 Å². The molecular formula is C43H80O8.